The van der Waals surface area contributed by atoms with E-state index in [1.165, 1.54) is 0 Å². The molecule has 1 heterocycles. The van der Waals surface area contributed by atoms with Gasteiger partial charge in [0.1, 0.15) is 0 Å². The molecule has 156 valence electrons. The molecule has 0 amide bonds. The topological polar surface area (TPSA) is 24.7 Å². The fourth-order valence-electron chi connectivity index (χ4n) is 4.18. The van der Waals surface area contributed by atoms with Gasteiger partial charge in [-0.2, -0.15) is 0 Å². The number of hydrogen-bond donors (Lipinski definition) is 0. The molecule has 1 aromatic carbocycles. The van der Waals surface area contributed by atoms with Crippen molar-refractivity contribution < 1.29 is 13.2 Å². The van der Waals surface area contributed by atoms with Crippen LogP contribution in [0, 0.1) is 0 Å². The van der Waals surface area contributed by atoms with Crippen molar-refractivity contribution in [3.05, 3.63) is 45.2 Å². The van der Waals surface area contributed by atoms with Crippen molar-refractivity contribution in [3.63, 3.8) is 0 Å². The molecular weight excluding hydrogens is 468 g/mol. The molecule has 1 aromatic rings. The van der Waals surface area contributed by atoms with E-state index < -0.39 is 36.2 Å². The SMILES string of the molecule is CCC[CH2][Sn]([CH2]CCC)([CH2]CCC)[C]1=C(C(F)(F)F)C(c2ccccc2)N=N1. The molecule has 0 radical (unpaired) electrons. The van der Waals surface area contributed by atoms with E-state index in [9.17, 15) is 13.2 Å². The number of hydrogen-bond acceptors (Lipinski definition) is 2. The quantitative estimate of drug-likeness (QED) is 0.272. The van der Waals surface area contributed by atoms with Crippen LogP contribution < -0.4 is 0 Å². The summed E-state index contributed by atoms with van der Waals surface area (Å²) < 4.78 is 46.2. The Kier molecular flexibility index (Phi) is 9.03. The number of alkyl halides is 3. The normalized spacial score (nSPS) is 17.6. The Morgan fingerprint density at radius 1 is 0.857 bits per heavy atom. The molecule has 1 aliphatic rings. The first kappa shape index (κ1) is 23.4. The van der Waals surface area contributed by atoms with E-state index in [1.807, 2.05) is 6.07 Å². The average Bonchev–Trinajstić information content (AvgIpc) is 3.15. The van der Waals surface area contributed by atoms with Crippen LogP contribution in [0.2, 0.25) is 13.3 Å². The molecule has 0 N–H and O–H groups in total. The number of unbranched alkanes of at least 4 members (excludes halogenated alkanes) is 3. The maximum atomic E-state index is 14.3. The first-order chi connectivity index (χ1) is 13.4. The Balaban J connectivity index is 2.59. The summed E-state index contributed by atoms with van der Waals surface area (Å²) in [5.41, 5.74) is 0.146. The van der Waals surface area contributed by atoms with Crippen LogP contribution in [0.4, 0.5) is 13.2 Å². The zero-order valence-corrected chi connectivity index (χ0v) is 20.2. The van der Waals surface area contributed by atoms with Crippen LogP contribution >= 0.6 is 0 Å². The third kappa shape index (κ3) is 5.61. The van der Waals surface area contributed by atoms with Gasteiger partial charge in [-0.3, -0.25) is 0 Å². The summed E-state index contributed by atoms with van der Waals surface area (Å²) in [6.07, 6.45) is 1.68. The van der Waals surface area contributed by atoms with Crippen molar-refractivity contribution in [1.29, 1.82) is 0 Å². The fraction of sp³-hybridized carbons (Fsp3) is 0.636. The van der Waals surface area contributed by atoms with Crippen molar-refractivity contribution in [2.75, 3.05) is 0 Å². The van der Waals surface area contributed by atoms with Crippen LogP contribution in [0.3, 0.4) is 0 Å². The monoisotopic (exact) mass is 502 g/mol. The van der Waals surface area contributed by atoms with Gasteiger partial charge in [0, 0.05) is 0 Å². The van der Waals surface area contributed by atoms with E-state index >= 15 is 0 Å². The Morgan fingerprint density at radius 2 is 1.36 bits per heavy atom. The van der Waals surface area contributed by atoms with E-state index in [1.54, 1.807) is 24.3 Å². The molecule has 0 aromatic heterocycles. The molecule has 1 unspecified atom stereocenters. The minimum atomic E-state index is -4.38. The number of halogens is 3. The van der Waals surface area contributed by atoms with Gasteiger partial charge in [-0.05, 0) is 0 Å². The first-order valence-corrected chi connectivity index (χ1v) is 18.2. The summed E-state index contributed by atoms with van der Waals surface area (Å²) >= 11 is -3.32. The van der Waals surface area contributed by atoms with Crippen LogP contribution in [-0.4, -0.2) is 24.6 Å². The molecule has 0 aliphatic carbocycles. The molecule has 6 heteroatoms. The zero-order chi connectivity index (χ0) is 20.6. The van der Waals surface area contributed by atoms with Crippen LogP contribution in [0.5, 0.6) is 0 Å². The van der Waals surface area contributed by atoms with E-state index in [0.29, 0.717) is 9.28 Å². The van der Waals surface area contributed by atoms with Crippen LogP contribution in [0.25, 0.3) is 0 Å². The summed E-state index contributed by atoms with van der Waals surface area (Å²) in [7, 11) is 0. The molecular formula is C22H33F3N2Sn. The van der Waals surface area contributed by atoms with Gasteiger partial charge in [0.2, 0.25) is 0 Å². The van der Waals surface area contributed by atoms with Crippen LogP contribution in [0.1, 0.15) is 70.9 Å². The fourth-order valence-corrected chi connectivity index (χ4v) is 20.4. The van der Waals surface area contributed by atoms with Gasteiger partial charge < -0.3 is 0 Å². The zero-order valence-electron chi connectivity index (χ0n) is 17.4. The average molecular weight is 501 g/mol. The van der Waals surface area contributed by atoms with Crippen molar-refractivity contribution in [1.82, 2.24) is 0 Å². The molecule has 1 aliphatic heterocycles. The van der Waals surface area contributed by atoms with Crippen molar-refractivity contribution in [2.45, 2.75) is 84.8 Å². The van der Waals surface area contributed by atoms with E-state index in [-0.39, 0.29) is 0 Å². The van der Waals surface area contributed by atoms with Crippen LogP contribution in [-0.2, 0) is 0 Å². The molecule has 2 nitrogen and oxygen atoms in total. The predicted octanol–water partition coefficient (Wildman–Crippen LogP) is 8.40. The van der Waals surface area contributed by atoms with Gasteiger partial charge >= 0.3 is 172 Å². The molecule has 0 saturated heterocycles. The molecule has 1 atom stereocenters. The molecule has 0 fully saturated rings. The van der Waals surface area contributed by atoms with E-state index in [4.69, 9.17) is 0 Å². The second-order valence-corrected chi connectivity index (χ2v) is 20.8. The van der Waals surface area contributed by atoms with Gasteiger partial charge in [-0.1, -0.05) is 0 Å². The molecule has 0 spiro atoms. The Hall–Kier alpha value is -0.851. The van der Waals surface area contributed by atoms with Crippen molar-refractivity contribution in [2.24, 2.45) is 10.2 Å². The second-order valence-electron chi connectivity index (χ2n) is 7.88. The predicted molar refractivity (Wildman–Crippen MR) is 112 cm³/mol. The maximum absolute atomic E-state index is 14.3. The van der Waals surface area contributed by atoms with Gasteiger partial charge in [-0.15, -0.1) is 0 Å². The summed E-state index contributed by atoms with van der Waals surface area (Å²) in [4.78, 5) is 0. The van der Waals surface area contributed by atoms with Gasteiger partial charge in [0.25, 0.3) is 0 Å². The van der Waals surface area contributed by atoms with Gasteiger partial charge in [0.15, 0.2) is 0 Å². The third-order valence-corrected chi connectivity index (χ3v) is 20.9. The van der Waals surface area contributed by atoms with Gasteiger partial charge in [0.05, 0.1) is 0 Å². The molecule has 2 rings (SSSR count). The number of rotatable bonds is 11. The molecule has 28 heavy (non-hydrogen) atoms. The molecule has 0 bridgehead atoms. The minimum absolute atomic E-state index is 0.422. The standard InChI is InChI=1S/C10H6F3N2.3C4H9.Sn/c11-10(12,13)8-6-14-15-9(8)7-4-2-1-3-5-7;3*1-3-4-2;/h1-5,9H;3*1,3-4H2,2H3;. The Bertz CT molecular complexity index is 646. The number of nitrogens with zero attached hydrogens (tertiary/aromatic N) is 2. The van der Waals surface area contributed by atoms with Crippen molar-refractivity contribution in [3.8, 4) is 0 Å². The number of azo groups is 1. The summed E-state index contributed by atoms with van der Waals surface area (Å²) in [6.45, 7) is 6.37. The second kappa shape index (κ2) is 10.8. The Labute approximate surface area is 171 Å². The van der Waals surface area contributed by atoms with E-state index in [0.717, 1.165) is 51.8 Å². The summed E-state index contributed by atoms with van der Waals surface area (Å²) in [5.74, 6) is 0. The van der Waals surface area contributed by atoms with Crippen LogP contribution in [0.15, 0.2) is 49.8 Å². The molecule has 0 saturated carbocycles. The first-order valence-electron chi connectivity index (χ1n) is 10.7. The van der Waals surface area contributed by atoms with E-state index in [2.05, 4.69) is 31.0 Å². The van der Waals surface area contributed by atoms with Gasteiger partial charge in [-0.25, -0.2) is 0 Å². The number of benzene rings is 1. The third-order valence-electron chi connectivity index (χ3n) is 5.75. The summed E-state index contributed by atoms with van der Waals surface area (Å²) in [5, 5.41) is 8.56. The van der Waals surface area contributed by atoms with Crippen molar-refractivity contribution >= 4 is 18.4 Å². The summed E-state index contributed by atoms with van der Waals surface area (Å²) in [6, 6.07) is 7.86. The Morgan fingerprint density at radius 3 is 1.79 bits per heavy atom.